The maximum Gasteiger partial charge on any atom is 0.240 e. The van der Waals surface area contributed by atoms with Gasteiger partial charge in [-0.3, -0.25) is 0 Å². The minimum atomic E-state index is -3.76. The van der Waals surface area contributed by atoms with E-state index >= 15 is 0 Å². The SMILES string of the molecule is CN(c1ccccc1S(N)(=O)=O)C1CCCCC1O. The smallest absolute Gasteiger partial charge is 0.240 e. The number of aliphatic hydroxyl groups excluding tert-OH is 1. The largest absolute Gasteiger partial charge is 0.391 e. The van der Waals surface area contributed by atoms with Gasteiger partial charge >= 0.3 is 0 Å². The summed E-state index contributed by atoms with van der Waals surface area (Å²) in [5, 5.41) is 15.3. The summed E-state index contributed by atoms with van der Waals surface area (Å²) >= 11 is 0. The van der Waals surface area contributed by atoms with Crippen LogP contribution in [0, 0.1) is 0 Å². The van der Waals surface area contributed by atoms with Gasteiger partial charge in [-0.25, -0.2) is 13.6 Å². The number of anilines is 1. The van der Waals surface area contributed by atoms with Crippen LogP contribution in [0.5, 0.6) is 0 Å². The Labute approximate surface area is 114 Å². The molecule has 1 saturated carbocycles. The molecule has 2 unspecified atom stereocenters. The number of likely N-dealkylation sites (N-methyl/N-ethyl adjacent to an activating group) is 1. The quantitative estimate of drug-likeness (QED) is 0.869. The second-order valence-electron chi connectivity index (χ2n) is 5.04. The van der Waals surface area contributed by atoms with Crippen LogP contribution in [0.4, 0.5) is 5.69 Å². The summed E-state index contributed by atoms with van der Waals surface area (Å²) < 4.78 is 23.2. The molecule has 1 fully saturated rings. The zero-order chi connectivity index (χ0) is 14.0. The predicted molar refractivity (Wildman–Crippen MR) is 74.5 cm³/mol. The fourth-order valence-electron chi connectivity index (χ4n) is 2.71. The van der Waals surface area contributed by atoms with Crippen LogP contribution in [-0.2, 0) is 10.0 Å². The van der Waals surface area contributed by atoms with Gasteiger partial charge < -0.3 is 10.0 Å². The summed E-state index contributed by atoms with van der Waals surface area (Å²) in [6.07, 6.45) is 3.25. The van der Waals surface area contributed by atoms with Crippen LogP contribution in [-0.4, -0.2) is 32.7 Å². The van der Waals surface area contributed by atoms with Gasteiger partial charge in [0.15, 0.2) is 0 Å². The van der Waals surface area contributed by atoms with E-state index in [1.807, 2.05) is 11.9 Å². The van der Waals surface area contributed by atoms with Crippen LogP contribution < -0.4 is 10.0 Å². The standard InChI is InChI=1S/C13H20N2O3S/c1-15(10-6-2-4-8-12(10)16)11-7-3-5-9-13(11)19(14,17)18/h3,5,7,9-10,12,16H,2,4,6,8H2,1H3,(H2,14,17,18). The summed E-state index contributed by atoms with van der Waals surface area (Å²) in [6.45, 7) is 0. The van der Waals surface area contributed by atoms with Crippen molar-refractivity contribution in [3.63, 3.8) is 0 Å². The van der Waals surface area contributed by atoms with E-state index in [1.54, 1.807) is 18.2 Å². The fourth-order valence-corrected chi connectivity index (χ4v) is 3.48. The Morgan fingerprint density at radius 1 is 1.26 bits per heavy atom. The van der Waals surface area contributed by atoms with E-state index < -0.39 is 16.1 Å². The van der Waals surface area contributed by atoms with Crippen LogP contribution >= 0.6 is 0 Å². The molecular weight excluding hydrogens is 264 g/mol. The molecule has 0 aliphatic heterocycles. The average Bonchev–Trinajstić information content (AvgIpc) is 2.37. The maximum absolute atomic E-state index is 11.6. The van der Waals surface area contributed by atoms with Crippen LogP contribution in [0.1, 0.15) is 25.7 Å². The molecule has 5 nitrogen and oxygen atoms in total. The Morgan fingerprint density at radius 3 is 2.53 bits per heavy atom. The number of primary sulfonamides is 1. The van der Waals surface area contributed by atoms with Gasteiger partial charge in [-0.2, -0.15) is 0 Å². The third-order valence-electron chi connectivity index (χ3n) is 3.74. The molecule has 0 radical (unpaired) electrons. The lowest BCUT2D eigenvalue weighted by molar-refractivity contribution is 0.106. The van der Waals surface area contributed by atoms with Crippen molar-refractivity contribution in [1.29, 1.82) is 0 Å². The summed E-state index contributed by atoms with van der Waals surface area (Å²) in [6, 6.07) is 6.58. The highest BCUT2D eigenvalue weighted by Gasteiger charge is 2.29. The molecule has 1 aliphatic rings. The van der Waals surface area contributed by atoms with Crippen molar-refractivity contribution in [3.05, 3.63) is 24.3 Å². The summed E-state index contributed by atoms with van der Waals surface area (Å²) in [4.78, 5) is 1.94. The highest BCUT2D eigenvalue weighted by molar-refractivity contribution is 7.89. The number of aliphatic hydroxyl groups is 1. The molecule has 3 N–H and O–H groups in total. The molecular formula is C13H20N2O3S. The molecule has 1 aromatic carbocycles. The van der Waals surface area contributed by atoms with Gasteiger partial charge in [0.25, 0.3) is 0 Å². The van der Waals surface area contributed by atoms with Gasteiger partial charge in [0.05, 0.1) is 17.8 Å². The number of nitrogens with zero attached hydrogens (tertiary/aromatic N) is 1. The van der Waals surface area contributed by atoms with Crippen molar-refractivity contribution in [2.45, 2.75) is 42.7 Å². The first kappa shape index (κ1) is 14.3. The van der Waals surface area contributed by atoms with E-state index in [2.05, 4.69) is 0 Å². The number of nitrogens with two attached hydrogens (primary N) is 1. The Hall–Kier alpha value is -1.11. The van der Waals surface area contributed by atoms with Crippen molar-refractivity contribution in [2.75, 3.05) is 11.9 Å². The van der Waals surface area contributed by atoms with Crippen molar-refractivity contribution in [3.8, 4) is 0 Å². The number of rotatable bonds is 3. The number of benzene rings is 1. The third-order valence-corrected chi connectivity index (χ3v) is 4.70. The summed E-state index contributed by atoms with van der Waals surface area (Å²) in [5.74, 6) is 0. The molecule has 0 bridgehead atoms. The normalized spacial score (nSPS) is 24.2. The number of para-hydroxylation sites is 1. The van der Waals surface area contributed by atoms with Crippen molar-refractivity contribution < 1.29 is 13.5 Å². The Morgan fingerprint density at radius 2 is 1.89 bits per heavy atom. The second-order valence-corrected chi connectivity index (χ2v) is 6.57. The molecule has 2 atom stereocenters. The lowest BCUT2D eigenvalue weighted by atomic mass is 9.91. The van der Waals surface area contributed by atoms with Gasteiger partial charge in [-0.05, 0) is 25.0 Å². The van der Waals surface area contributed by atoms with Crippen LogP contribution in [0.2, 0.25) is 0 Å². The first-order chi connectivity index (χ1) is 8.91. The van der Waals surface area contributed by atoms with E-state index in [9.17, 15) is 13.5 Å². The van der Waals surface area contributed by atoms with Gasteiger partial charge in [0.1, 0.15) is 4.90 Å². The molecule has 0 aromatic heterocycles. The minimum Gasteiger partial charge on any atom is -0.391 e. The Bertz CT molecular complexity index is 545. The van der Waals surface area contributed by atoms with E-state index in [1.165, 1.54) is 6.07 Å². The zero-order valence-corrected chi connectivity index (χ0v) is 11.8. The van der Waals surface area contributed by atoms with Crippen LogP contribution in [0.15, 0.2) is 29.2 Å². The lowest BCUT2D eigenvalue weighted by Gasteiger charge is -2.37. The van der Waals surface area contributed by atoms with Crippen molar-refractivity contribution >= 4 is 15.7 Å². The second kappa shape index (κ2) is 5.48. The molecule has 6 heteroatoms. The first-order valence-electron chi connectivity index (χ1n) is 6.44. The number of hydrogen-bond acceptors (Lipinski definition) is 4. The van der Waals surface area contributed by atoms with E-state index in [0.717, 1.165) is 25.7 Å². The van der Waals surface area contributed by atoms with Gasteiger partial charge in [0, 0.05) is 7.05 Å². The lowest BCUT2D eigenvalue weighted by Crippen LogP contribution is -2.44. The molecule has 1 aromatic rings. The zero-order valence-electron chi connectivity index (χ0n) is 11.0. The number of sulfonamides is 1. The highest BCUT2D eigenvalue weighted by Crippen LogP contribution is 2.30. The summed E-state index contributed by atoms with van der Waals surface area (Å²) in [7, 11) is -1.95. The molecule has 1 aliphatic carbocycles. The predicted octanol–water partition coefficient (Wildman–Crippen LogP) is 1.07. The molecule has 19 heavy (non-hydrogen) atoms. The number of hydrogen-bond donors (Lipinski definition) is 2. The van der Waals surface area contributed by atoms with Crippen LogP contribution in [0.25, 0.3) is 0 Å². The van der Waals surface area contributed by atoms with E-state index in [4.69, 9.17) is 5.14 Å². The topological polar surface area (TPSA) is 83.6 Å². The molecule has 0 spiro atoms. The van der Waals surface area contributed by atoms with Crippen molar-refractivity contribution in [2.24, 2.45) is 5.14 Å². The van der Waals surface area contributed by atoms with Crippen molar-refractivity contribution in [1.82, 2.24) is 0 Å². The van der Waals surface area contributed by atoms with Gasteiger partial charge in [-0.1, -0.05) is 25.0 Å². The molecule has 2 rings (SSSR count). The minimum absolute atomic E-state index is 0.0587. The summed E-state index contributed by atoms with van der Waals surface area (Å²) in [5.41, 5.74) is 0.552. The molecule has 0 amide bonds. The Balaban J connectivity index is 2.36. The van der Waals surface area contributed by atoms with E-state index in [0.29, 0.717) is 5.69 Å². The van der Waals surface area contributed by atoms with Crippen LogP contribution in [0.3, 0.4) is 0 Å². The molecule has 0 heterocycles. The highest BCUT2D eigenvalue weighted by atomic mass is 32.2. The fraction of sp³-hybridized carbons (Fsp3) is 0.538. The average molecular weight is 284 g/mol. The first-order valence-corrected chi connectivity index (χ1v) is 7.98. The monoisotopic (exact) mass is 284 g/mol. The Kier molecular flexibility index (Phi) is 4.13. The van der Waals surface area contributed by atoms with Gasteiger partial charge in [0.2, 0.25) is 10.0 Å². The third kappa shape index (κ3) is 3.08. The van der Waals surface area contributed by atoms with E-state index in [-0.39, 0.29) is 10.9 Å². The molecule has 0 saturated heterocycles. The molecule has 106 valence electrons. The van der Waals surface area contributed by atoms with Gasteiger partial charge in [-0.15, -0.1) is 0 Å². The maximum atomic E-state index is 11.6.